The quantitative estimate of drug-likeness (QED) is 0.812. The second-order valence-electron chi connectivity index (χ2n) is 5.66. The molecule has 1 atom stereocenters. The van der Waals surface area contributed by atoms with Crippen LogP contribution in [-0.4, -0.2) is 36.2 Å². The summed E-state index contributed by atoms with van der Waals surface area (Å²) in [5.74, 6) is -0.449. The zero-order valence-electron chi connectivity index (χ0n) is 11.3. The number of amides is 1. The molecule has 0 radical (unpaired) electrons. The lowest BCUT2D eigenvalue weighted by Gasteiger charge is -2.27. The monoisotopic (exact) mass is 269 g/mol. The fourth-order valence-corrected chi connectivity index (χ4v) is 2.92. The molecule has 0 aromatic rings. The number of carbonyl (C=O) groups is 2. The molecule has 0 aromatic carbocycles. The zero-order valence-corrected chi connectivity index (χ0v) is 11.3. The van der Waals surface area contributed by atoms with Crippen LogP contribution in [0.15, 0.2) is 0 Å². The summed E-state index contributed by atoms with van der Waals surface area (Å²) in [6.07, 6.45) is 5.89. The molecule has 5 heteroatoms. The number of rotatable bonds is 4. The highest BCUT2D eigenvalue weighted by atomic mass is 16.5. The van der Waals surface area contributed by atoms with E-state index >= 15 is 0 Å². The predicted octanol–water partition coefficient (Wildman–Crippen LogP) is 1.56. The first-order chi connectivity index (χ1) is 9.16. The van der Waals surface area contributed by atoms with Crippen LogP contribution in [0.2, 0.25) is 0 Å². The van der Waals surface area contributed by atoms with Crippen LogP contribution in [0, 0.1) is 11.8 Å². The van der Waals surface area contributed by atoms with Crippen molar-refractivity contribution in [2.75, 3.05) is 13.2 Å². The molecule has 2 N–H and O–H groups in total. The van der Waals surface area contributed by atoms with E-state index in [-0.39, 0.29) is 17.9 Å². The van der Waals surface area contributed by atoms with Crippen LogP contribution in [0.1, 0.15) is 44.9 Å². The number of ether oxygens (including phenoxy) is 1. The summed E-state index contributed by atoms with van der Waals surface area (Å²) in [6.45, 7) is 1.34. The van der Waals surface area contributed by atoms with Crippen LogP contribution >= 0.6 is 0 Å². The van der Waals surface area contributed by atoms with E-state index in [1.807, 2.05) is 0 Å². The Hall–Kier alpha value is -1.10. The Morgan fingerprint density at radius 3 is 2.42 bits per heavy atom. The number of carboxylic acids is 1. The molecule has 1 aliphatic carbocycles. The highest BCUT2D eigenvalue weighted by molar-refractivity contribution is 5.80. The van der Waals surface area contributed by atoms with Gasteiger partial charge in [0.05, 0.1) is 5.92 Å². The lowest BCUT2D eigenvalue weighted by atomic mass is 9.82. The first-order valence-corrected chi connectivity index (χ1v) is 7.29. The van der Waals surface area contributed by atoms with Crippen molar-refractivity contribution < 1.29 is 19.4 Å². The van der Waals surface area contributed by atoms with E-state index < -0.39 is 5.97 Å². The van der Waals surface area contributed by atoms with E-state index in [1.54, 1.807) is 0 Å². The Balaban J connectivity index is 1.66. The number of carbonyl (C=O) groups excluding carboxylic acids is 1. The van der Waals surface area contributed by atoms with Gasteiger partial charge in [0.2, 0.25) is 5.91 Å². The van der Waals surface area contributed by atoms with E-state index in [4.69, 9.17) is 9.84 Å². The van der Waals surface area contributed by atoms with E-state index in [1.165, 1.54) is 0 Å². The first kappa shape index (κ1) is 14.3. The summed E-state index contributed by atoms with van der Waals surface area (Å²) < 4.78 is 5.44. The summed E-state index contributed by atoms with van der Waals surface area (Å²) in [6, 6.07) is 0. The Kier molecular flexibility index (Phi) is 5.19. The van der Waals surface area contributed by atoms with Gasteiger partial charge in [0.15, 0.2) is 0 Å². The van der Waals surface area contributed by atoms with Gasteiger partial charge in [-0.2, -0.15) is 0 Å². The minimum absolute atomic E-state index is 0.0000537. The third-order valence-corrected chi connectivity index (χ3v) is 4.23. The Bertz CT molecular complexity index is 317. The molecule has 0 aromatic heterocycles. The Labute approximate surface area is 113 Å². The van der Waals surface area contributed by atoms with Crippen LogP contribution in [0.5, 0.6) is 0 Å². The summed E-state index contributed by atoms with van der Waals surface area (Å²) in [4.78, 5) is 22.7. The maximum atomic E-state index is 11.9. The SMILES string of the molecule is O=C(O)C1CCC(CNC(=O)C2CCCCO2)CC1. The fourth-order valence-electron chi connectivity index (χ4n) is 2.92. The van der Waals surface area contributed by atoms with Crippen molar-refractivity contribution in [3.63, 3.8) is 0 Å². The number of aliphatic carboxylic acids is 1. The topological polar surface area (TPSA) is 75.6 Å². The lowest BCUT2D eigenvalue weighted by molar-refractivity contribution is -0.143. The minimum atomic E-state index is -0.682. The van der Waals surface area contributed by atoms with Crippen LogP contribution in [0.4, 0.5) is 0 Å². The third kappa shape index (κ3) is 4.20. The smallest absolute Gasteiger partial charge is 0.306 e. The molecule has 1 heterocycles. The zero-order chi connectivity index (χ0) is 13.7. The van der Waals surface area contributed by atoms with Gasteiger partial charge in [-0.1, -0.05) is 0 Å². The van der Waals surface area contributed by atoms with Crippen molar-refractivity contribution in [2.24, 2.45) is 11.8 Å². The average molecular weight is 269 g/mol. The average Bonchev–Trinajstić information content (AvgIpc) is 2.46. The molecule has 19 heavy (non-hydrogen) atoms. The molecule has 2 aliphatic rings. The molecule has 0 spiro atoms. The van der Waals surface area contributed by atoms with Crippen LogP contribution in [0.3, 0.4) is 0 Å². The molecule has 1 aliphatic heterocycles. The predicted molar refractivity (Wildman–Crippen MR) is 69.7 cm³/mol. The molecule has 2 fully saturated rings. The van der Waals surface area contributed by atoms with Crippen LogP contribution < -0.4 is 5.32 Å². The molecule has 0 bridgehead atoms. The maximum absolute atomic E-state index is 11.9. The maximum Gasteiger partial charge on any atom is 0.306 e. The summed E-state index contributed by atoms with van der Waals surface area (Å²) >= 11 is 0. The number of nitrogens with one attached hydrogen (secondary N) is 1. The Morgan fingerprint density at radius 2 is 1.84 bits per heavy atom. The molecule has 5 nitrogen and oxygen atoms in total. The van der Waals surface area contributed by atoms with Gasteiger partial charge in [-0.15, -0.1) is 0 Å². The van der Waals surface area contributed by atoms with Crippen molar-refractivity contribution in [3.8, 4) is 0 Å². The molecule has 2 rings (SSSR count). The van der Waals surface area contributed by atoms with Gasteiger partial charge in [0.1, 0.15) is 6.10 Å². The van der Waals surface area contributed by atoms with Gasteiger partial charge >= 0.3 is 5.97 Å². The van der Waals surface area contributed by atoms with E-state index in [9.17, 15) is 9.59 Å². The summed E-state index contributed by atoms with van der Waals surface area (Å²) in [5.41, 5.74) is 0. The molecular formula is C14H23NO4. The van der Waals surface area contributed by atoms with E-state index in [2.05, 4.69) is 5.32 Å². The normalized spacial score (nSPS) is 31.7. The minimum Gasteiger partial charge on any atom is -0.481 e. The van der Waals surface area contributed by atoms with Crippen molar-refractivity contribution in [2.45, 2.75) is 51.0 Å². The van der Waals surface area contributed by atoms with Gasteiger partial charge in [-0.25, -0.2) is 0 Å². The van der Waals surface area contributed by atoms with Crippen molar-refractivity contribution in [1.29, 1.82) is 0 Å². The second kappa shape index (κ2) is 6.89. The molecule has 1 amide bonds. The van der Waals surface area contributed by atoms with Crippen LogP contribution in [0.25, 0.3) is 0 Å². The summed E-state index contributed by atoms with van der Waals surface area (Å²) in [7, 11) is 0. The third-order valence-electron chi connectivity index (χ3n) is 4.23. The largest absolute Gasteiger partial charge is 0.481 e. The highest BCUT2D eigenvalue weighted by Crippen LogP contribution is 2.28. The van der Waals surface area contributed by atoms with Gasteiger partial charge in [0, 0.05) is 13.2 Å². The summed E-state index contributed by atoms with van der Waals surface area (Å²) in [5, 5.41) is 11.9. The van der Waals surface area contributed by atoms with Crippen molar-refractivity contribution in [1.82, 2.24) is 5.32 Å². The lowest BCUT2D eigenvalue weighted by Crippen LogP contribution is -2.41. The van der Waals surface area contributed by atoms with Crippen molar-refractivity contribution >= 4 is 11.9 Å². The van der Waals surface area contributed by atoms with E-state index in [0.29, 0.717) is 19.1 Å². The second-order valence-corrected chi connectivity index (χ2v) is 5.66. The Morgan fingerprint density at radius 1 is 1.11 bits per heavy atom. The number of carboxylic acid groups (broad SMARTS) is 1. The van der Waals surface area contributed by atoms with Crippen molar-refractivity contribution in [3.05, 3.63) is 0 Å². The van der Waals surface area contributed by atoms with Gasteiger partial charge in [-0.3, -0.25) is 9.59 Å². The van der Waals surface area contributed by atoms with Gasteiger partial charge in [-0.05, 0) is 50.9 Å². The van der Waals surface area contributed by atoms with E-state index in [0.717, 1.165) is 44.9 Å². The number of hydrogen-bond donors (Lipinski definition) is 2. The molecule has 108 valence electrons. The molecule has 1 unspecified atom stereocenters. The molecule has 1 saturated heterocycles. The van der Waals surface area contributed by atoms with Gasteiger partial charge < -0.3 is 15.2 Å². The fraction of sp³-hybridized carbons (Fsp3) is 0.857. The molecular weight excluding hydrogens is 246 g/mol. The van der Waals surface area contributed by atoms with Crippen LogP contribution in [-0.2, 0) is 14.3 Å². The van der Waals surface area contributed by atoms with Gasteiger partial charge in [0.25, 0.3) is 0 Å². The first-order valence-electron chi connectivity index (χ1n) is 7.29. The standard InChI is InChI=1S/C14H23NO4/c16-13(12-3-1-2-8-19-12)15-9-10-4-6-11(7-5-10)14(17)18/h10-12H,1-9H2,(H,15,16)(H,17,18). The molecule has 1 saturated carbocycles. The number of hydrogen-bond acceptors (Lipinski definition) is 3. The highest BCUT2D eigenvalue weighted by Gasteiger charge is 2.27.